The maximum Gasteiger partial charge on any atom is 0.151 e. The molecule has 1 aromatic carbocycles. The largest absolute Gasteiger partial charge is 0.460 e. The molecule has 0 bridgehead atoms. The average molecular weight is 336 g/mol. The van der Waals surface area contributed by atoms with E-state index >= 15 is 0 Å². The first-order valence-electron chi connectivity index (χ1n) is 8.18. The van der Waals surface area contributed by atoms with E-state index in [1.165, 1.54) is 0 Å². The highest BCUT2D eigenvalue weighted by Crippen LogP contribution is 2.20. The van der Waals surface area contributed by atoms with E-state index in [2.05, 4.69) is 21.9 Å². The van der Waals surface area contributed by atoms with E-state index < -0.39 is 9.84 Å². The van der Waals surface area contributed by atoms with Gasteiger partial charge in [-0.3, -0.25) is 9.80 Å². The third-order valence-corrected chi connectivity index (χ3v) is 6.16. The van der Waals surface area contributed by atoms with Crippen molar-refractivity contribution >= 4 is 20.8 Å². The first-order valence-corrected chi connectivity index (χ1v) is 10.0. The minimum absolute atomic E-state index is 0.235. The van der Waals surface area contributed by atoms with E-state index in [1.54, 1.807) is 6.92 Å². The number of sulfone groups is 1. The van der Waals surface area contributed by atoms with Crippen LogP contribution in [0.3, 0.4) is 0 Å². The summed E-state index contributed by atoms with van der Waals surface area (Å²) in [5.74, 6) is 1.50. The summed E-state index contributed by atoms with van der Waals surface area (Å²) < 4.78 is 29.0. The van der Waals surface area contributed by atoms with Gasteiger partial charge in [-0.25, -0.2) is 8.42 Å². The van der Waals surface area contributed by atoms with Crippen molar-refractivity contribution in [1.29, 1.82) is 0 Å². The van der Waals surface area contributed by atoms with Gasteiger partial charge < -0.3 is 4.42 Å². The standard InChI is InChI=1S/C17H24N2O3S/c1-2-23(20,21)12-11-18-7-9-19(10-8-18)14-16-13-15-5-3-4-6-17(15)22-16/h3-6,13H,2,7-12,14H2,1H3. The monoisotopic (exact) mass is 336 g/mol. The molecule has 5 nitrogen and oxygen atoms in total. The second-order valence-electron chi connectivity index (χ2n) is 6.10. The summed E-state index contributed by atoms with van der Waals surface area (Å²) in [5, 5.41) is 1.14. The van der Waals surface area contributed by atoms with Crippen LogP contribution in [-0.2, 0) is 16.4 Å². The Bertz CT molecular complexity index is 713. The van der Waals surface area contributed by atoms with Crippen LogP contribution < -0.4 is 0 Å². The molecule has 2 heterocycles. The topological polar surface area (TPSA) is 53.8 Å². The van der Waals surface area contributed by atoms with Gasteiger partial charge in [-0.05, 0) is 12.1 Å². The van der Waals surface area contributed by atoms with Crippen molar-refractivity contribution in [3.8, 4) is 0 Å². The van der Waals surface area contributed by atoms with Crippen molar-refractivity contribution in [3.05, 3.63) is 36.1 Å². The maximum absolute atomic E-state index is 11.6. The van der Waals surface area contributed by atoms with E-state index in [1.807, 2.05) is 18.2 Å². The number of nitrogens with zero attached hydrogens (tertiary/aromatic N) is 2. The smallest absolute Gasteiger partial charge is 0.151 e. The van der Waals surface area contributed by atoms with Crippen LogP contribution in [0.2, 0.25) is 0 Å². The van der Waals surface area contributed by atoms with Gasteiger partial charge in [-0.15, -0.1) is 0 Å². The molecule has 2 aromatic rings. The molecule has 6 heteroatoms. The molecule has 23 heavy (non-hydrogen) atoms. The Kier molecular flexibility index (Phi) is 5.04. The molecule has 1 fully saturated rings. The average Bonchev–Trinajstić information content (AvgIpc) is 2.96. The molecule has 1 saturated heterocycles. The van der Waals surface area contributed by atoms with Gasteiger partial charge in [0.05, 0.1) is 12.3 Å². The predicted molar refractivity (Wildman–Crippen MR) is 92.3 cm³/mol. The second kappa shape index (κ2) is 7.03. The third-order valence-electron chi connectivity index (χ3n) is 4.48. The molecule has 0 radical (unpaired) electrons. The Labute approximate surface area is 137 Å². The van der Waals surface area contributed by atoms with E-state index in [4.69, 9.17) is 4.42 Å². The molecule has 0 N–H and O–H groups in total. The summed E-state index contributed by atoms with van der Waals surface area (Å²) in [7, 11) is -2.87. The van der Waals surface area contributed by atoms with Gasteiger partial charge >= 0.3 is 0 Å². The Morgan fingerprint density at radius 1 is 1.09 bits per heavy atom. The van der Waals surface area contributed by atoms with E-state index in [9.17, 15) is 8.42 Å². The van der Waals surface area contributed by atoms with Crippen LogP contribution in [-0.4, -0.2) is 62.4 Å². The maximum atomic E-state index is 11.6. The molecular weight excluding hydrogens is 312 g/mol. The third kappa shape index (κ3) is 4.34. The van der Waals surface area contributed by atoms with Crippen LogP contribution in [0.25, 0.3) is 11.0 Å². The number of rotatable bonds is 6. The zero-order chi connectivity index (χ0) is 16.3. The molecule has 1 aromatic heterocycles. The molecule has 3 rings (SSSR count). The summed E-state index contributed by atoms with van der Waals surface area (Å²) in [5.41, 5.74) is 0.936. The molecular formula is C17H24N2O3S. The predicted octanol–water partition coefficient (Wildman–Crippen LogP) is 1.99. The summed E-state index contributed by atoms with van der Waals surface area (Å²) in [6.45, 7) is 6.90. The van der Waals surface area contributed by atoms with Crippen LogP contribution in [0, 0.1) is 0 Å². The van der Waals surface area contributed by atoms with Gasteiger partial charge in [0.1, 0.15) is 11.3 Å². The molecule has 0 saturated carbocycles. The molecule has 0 atom stereocenters. The number of furan rings is 1. The summed E-state index contributed by atoms with van der Waals surface area (Å²) in [6, 6.07) is 10.2. The number of piperazine rings is 1. The van der Waals surface area contributed by atoms with Gasteiger partial charge in [0.15, 0.2) is 9.84 Å². The van der Waals surface area contributed by atoms with E-state index in [-0.39, 0.29) is 11.5 Å². The number of benzene rings is 1. The lowest BCUT2D eigenvalue weighted by Crippen LogP contribution is -2.47. The molecule has 0 spiro atoms. The van der Waals surface area contributed by atoms with Crippen molar-refractivity contribution < 1.29 is 12.8 Å². The van der Waals surface area contributed by atoms with Gasteiger partial charge in [-0.2, -0.15) is 0 Å². The van der Waals surface area contributed by atoms with Crippen LogP contribution in [0.5, 0.6) is 0 Å². The normalized spacial score (nSPS) is 17.8. The van der Waals surface area contributed by atoms with Gasteiger partial charge in [0.2, 0.25) is 0 Å². The van der Waals surface area contributed by atoms with Crippen molar-refractivity contribution in [2.45, 2.75) is 13.5 Å². The fourth-order valence-electron chi connectivity index (χ4n) is 2.92. The lowest BCUT2D eigenvalue weighted by Gasteiger charge is -2.34. The zero-order valence-corrected chi connectivity index (χ0v) is 14.4. The molecule has 1 aliphatic rings. The molecule has 0 unspecified atom stereocenters. The molecule has 0 amide bonds. The minimum atomic E-state index is -2.87. The number of fused-ring (bicyclic) bond motifs is 1. The highest BCUT2D eigenvalue weighted by atomic mass is 32.2. The quantitative estimate of drug-likeness (QED) is 0.807. The lowest BCUT2D eigenvalue weighted by molar-refractivity contribution is 0.126. The fourth-order valence-corrected chi connectivity index (χ4v) is 3.74. The van der Waals surface area contributed by atoms with Crippen molar-refractivity contribution in [3.63, 3.8) is 0 Å². The Morgan fingerprint density at radius 3 is 2.48 bits per heavy atom. The Hall–Kier alpha value is -1.37. The van der Waals surface area contributed by atoms with Gasteiger partial charge in [0, 0.05) is 43.9 Å². The summed E-state index contributed by atoms with van der Waals surface area (Å²) in [4.78, 5) is 4.60. The second-order valence-corrected chi connectivity index (χ2v) is 8.58. The van der Waals surface area contributed by atoms with Gasteiger partial charge in [0.25, 0.3) is 0 Å². The fraction of sp³-hybridized carbons (Fsp3) is 0.529. The van der Waals surface area contributed by atoms with Crippen molar-refractivity contribution in [2.75, 3.05) is 44.2 Å². The van der Waals surface area contributed by atoms with Crippen LogP contribution in [0.4, 0.5) is 0 Å². The first kappa shape index (κ1) is 16.5. The number of hydrogen-bond acceptors (Lipinski definition) is 5. The highest BCUT2D eigenvalue weighted by molar-refractivity contribution is 7.91. The van der Waals surface area contributed by atoms with E-state index in [0.717, 1.165) is 49.5 Å². The minimum Gasteiger partial charge on any atom is -0.460 e. The van der Waals surface area contributed by atoms with Crippen LogP contribution in [0.15, 0.2) is 34.7 Å². The van der Waals surface area contributed by atoms with E-state index in [0.29, 0.717) is 6.54 Å². The van der Waals surface area contributed by atoms with Crippen LogP contribution >= 0.6 is 0 Å². The van der Waals surface area contributed by atoms with Gasteiger partial charge in [-0.1, -0.05) is 25.1 Å². The molecule has 1 aliphatic heterocycles. The summed E-state index contributed by atoms with van der Waals surface area (Å²) >= 11 is 0. The number of hydrogen-bond donors (Lipinski definition) is 0. The zero-order valence-electron chi connectivity index (χ0n) is 13.6. The van der Waals surface area contributed by atoms with Crippen molar-refractivity contribution in [1.82, 2.24) is 9.80 Å². The summed E-state index contributed by atoms with van der Waals surface area (Å²) in [6.07, 6.45) is 0. The molecule has 126 valence electrons. The first-order chi connectivity index (χ1) is 11.1. The molecule has 0 aliphatic carbocycles. The van der Waals surface area contributed by atoms with Crippen molar-refractivity contribution in [2.24, 2.45) is 0 Å². The van der Waals surface area contributed by atoms with Crippen LogP contribution in [0.1, 0.15) is 12.7 Å². The lowest BCUT2D eigenvalue weighted by atomic mass is 10.2. The Balaban J connectivity index is 1.49. The number of para-hydroxylation sites is 1. The highest BCUT2D eigenvalue weighted by Gasteiger charge is 2.19. The SMILES string of the molecule is CCS(=O)(=O)CCN1CCN(Cc2cc3ccccc3o2)CC1. The Morgan fingerprint density at radius 2 is 1.78 bits per heavy atom.